The Morgan fingerprint density at radius 1 is 0.696 bits per heavy atom. The van der Waals surface area contributed by atoms with Crippen molar-refractivity contribution in [2.24, 2.45) is 0 Å². The van der Waals surface area contributed by atoms with E-state index in [1.807, 2.05) is 0 Å². The smallest absolute Gasteiger partial charge is 0.349 e. The molecule has 0 fully saturated rings. The number of pyridine rings is 1. The van der Waals surface area contributed by atoms with Crippen LogP contribution >= 0.6 is 0 Å². The van der Waals surface area contributed by atoms with Crippen LogP contribution in [0, 0.1) is 0 Å². The highest BCUT2D eigenvalue weighted by atomic mass is 16.2. The Morgan fingerprint density at radius 2 is 1.09 bits per heavy atom. The van der Waals surface area contributed by atoms with Crippen molar-refractivity contribution in [2.45, 2.75) is 0 Å². The van der Waals surface area contributed by atoms with Crippen LogP contribution in [0.2, 0.25) is 0 Å². The van der Waals surface area contributed by atoms with Crippen molar-refractivity contribution in [3.63, 3.8) is 0 Å². The van der Waals surface area contributed by atoms with Crippen LogP contribution in [-0.4, -0.2) is 69.2 Å². The minimum atomic E-state index is -0.276. The average molecular weight is 321 g/mol. The first kappa shape index (κ1) is 17.3. The predicted octanol–water partition coefficient (Wildman–Crippen LogP) is -1.56. The molecule has 0 radical (unpaired) electrons. The van der Waals surface area contributed by atoms with E-state index in [-0.39, 0.29) is 24.6 Å². The zero-order chi connectivity index (χ0) is 16.3. The summed E-state index contributed by atoms with van der Waals surface area (Å²) in [5.41, 5.74) is 0.497. The molecular weight excluding hydrogens is 296 g/mol. The van der Waals surface area contributed by atoms with Gasteiger partial charge in [0.1, 0.15) is 11.4 Å². The molecule has 2 rings (SSSR count). The fraction of sp³-hybridized carbons (Fsp3) is 0.533. The molecule has 0 spiro atoms. The molecule has 0 aromatic carbocycles. The molecule has 1 aliphatic rings. The molecule has 8 heteroatoms. The summed E-state index contributed by atoms with van der Waals surface area (Å²) in [4.78, 5) is 28.2. The zero-order valence-electron chi connectivity index (χ0n) is 14.2. The molecule has 1 aromatic heterocycles. The SMILES string of the molecule is O=C1NCCNCCNCCNCCNC(=O)c2cccc1n2.[H+]. The van der Waals surface area contributed by atoms with Crippen molar-refractivity contribution in [1.82, 2.24) is 31.6 Å². The van der Waals surface area contributed by atoms with Crippen molar-refractivity contribution < 1.29 is 11.0 Å². The van der Waals surface area contributed by atoms with Gasteiger partial charge in [-0.1, -0.05) is 6.07 Å². The first-order chi connectivity index (χ1) is 11.3. The molecule has 1 aliphatic heterocycles. The summed E-state index contributed by atoms with van der Waals surface area (Å²) in [6.07, 6.45) is 0. The third kappa shape index (κ3) is 6.31. The van der Waals surface area contributed by atoms with Gasteiger partial charge >= 0.3 is 1.43 Å². The van der Waals surface area contributed by atoms with Gasteiger partial charge < -0.3 is 26.6 Å². The molecule has 1 aromatic rings. The van der Waals surface area contributed by atoms with Gasteiger partial charge in [0, 0.05) is 52.4 Å². The second-order valence-electron chi connectivity index (χ2n) is 5.17. The summed E-state index contributed by atoms with van der Waals surface area (Å²) < 4.78 is 0. The lowest BCUT2D eigenvalue weighted by Crippen LogP contribution is -2.38. The summed E-state index contributed by atoms with van der Waals surface area (Å²) in [5, 5.41) is 15.4. The van der Waals surface area contributed by atoms with Crippen LogP contribution in [0.4, 0.5) is 0 Å². The Balaban J connectivity index is 0.00000288. The quantitative estimate of drug-likeness (QED) is 0.395. The van der Waals surface area contributed by atoms with Crippen molar-refractivity contribution in [2.75, 3.05) is 52.4 Å². The number of hydrogen-bond donors (Lipinski definition) is 5. The summed E-state index contributed by atoms with van der Waals surface area (Å²) in [5.74, 6) is -0.551. The molecule has 2 heterocycles. The standard InChI is InChI=1S/C15H24N6O2/c22-14-12-2-1-3-13(21-12)15(23)20-11-9-18-7-5-16-4-6-17-8-10-19-14/h1-3,16-18H,4-11H2,(H,19,22)(H,20,23)/p+1. The number of amides is 2. The molecule has 23 heavy (non-hydrogen) atoms. The molecule has 0 unspecified atom stereocenters. The van der Waals surface area contributed by atoms with E-state index in [9.17, 15) is 9.59 Å². The molecular formula is C15H25N6O2+. The normalized spacial score (nSPS) is 19.1. The van der Waals surface area contributed by atoms with E-state index in [0.29, 0.717) is 26.2 Å². The molecule has 8 nitrogen and oxygen atoms in total. The van der Waals surface area contributed by atoms with E-state index in [4.69, 9.17) is 0 Å². The van der Waals surface area contributed by atoms with Crippen LogP contribution in [0.1, 0.15) is 22.4 Å². The second kappa shape index (κ2) is 9.88. The Kier molecular flexibility index (Phi) is 7.44. The van der Waals surface area contributed by atoms with E-state index in [1.165, 1.54) is 0 Å². The van der Waals surface area contributed by atoms with Gasteiger partial charge in [-0.3, -0.25) is 9.59 Å². The maximum absolute atomic E-state index is 12.0. The van der Waals surface area contributed by atoms with Crippen molar-refractivity contribution in [3.8, 4) is 0 Å². The van der Waals surface area contributed by atoms with E-state index >= 15 is 0 Å². The number of nitrogens with zero attached hydrogens (tertiary/aromatic N) is 1. The van der Waals surface area contributed by atoms with Gasteiger partial charge in [0.2, 0.25) is 0 Å². The van der Waals surface area contributed by atoms with Crippen LogP contribution < -0.4 is 26.6 Å². The fourth-order valence-electron chi connectivity index (χ4n) is 2.13. The van der Waals surface area contributed by atoms with Gasteiger partial charge in [-0.15, -0.1) is 0 Å². The van der Waals surface area contributed by atoms with Crippen LogP contribution in [0.3, 0.4) is 0 Å². The zero-order valence-corrected chi connectivity index (χ0v) is 13.2. The lowest BCUT2D eigenvalue weighted by Gasteiger charge is -2.10. The summed E-state index contributed by atoms with van der Waals surface area (Å²) in [7, 11) is 0. The minimum absolute atomic E-state index is 0. The van der Waals surface area contributed by atoms with Crippen LogP contribution in [0.5, 0.6) is 0 Å². The van der Waals surface area contributed by atoms with Crippen LogP contribution in [0.15, 0.2) is 18.2 Å². The Labute approximate surface area is 137 Å². The Morgan fingerprint density at radius 3 is 1.52 bits per heavy atom. The number of carbonyl (C=O) groups excluding carboxylic acids is 2. The lowest BCUT2D eigenvalue weighted by atomic mass is 10.2. The highest BCUT2D eigenvalue weighted by Crippen LogP contribution is 1.99. The Hall–Kier alpha value is -2.03. The molecule has 2 bridgehead atoms. The second-order valence-corrected chi connectivity index (χ2v) is 5.17. The van der Waals surface area contributed by atoms with Crippen molar-refractivity contribution in [3.05, 3.63) is 29.6 Å². The van der Waals surface area contributed by atoms with Crippen molar-refractivity contribution in [1.29, 1.82) is 0 Å². The fourth-order valence-corrected chi connectivity index (χ4v) is 2.13. The van der Waals surface area contributed by atoms with E-state index in [2.05, 4.69) is 31.6 Å². The van der Waals surface area contributed by atoms with Gasteiger partial charge in [0.05, 0.1) is 0 Å². The van der Waals surface area contributed by atoms with Gasteiger partial charge in [0.15, 0.2) is 0 Å². The van der Waals surface area contributed by atoms with Gasteiger partial charge in [-0.05, 0) is 12.1 Å². The molecule has 0 saturated carbocycles. The number of carbonyl (C=O) groups is 2. The lowest BCUT2D eigenvalue weighted by molar-refractivity contribution is 0.0944. The van der Waals surface area contributed by atoms with Gasteiger partial charge in [-0.25, -0.2) is 4.98 Å². The van der Waals surface area contributed by atoms with Crippen LogP contribution in [0.25, 0.3) is 0 Å². The minimum Gasteiger partial charge on any atom is -0.349 e. The monoisotopic (exact) mass is 321 g/mol. The maximum Gasteiger partial charge on any atom is 1.00 e. The molecule has 126 valence electrons. The van der Waals surface area contributed by atoms with Crippen LogP contribution in [-0.2, 0) is 0 Å². The first-order valence-corrected chi connectivity index (χ1v) is 7.93. The predicted molar refractivity (Wildman–Crippen MR) is 88.6 cm³/mol. The van der Waals surface area contributed by atoms with Gasteiger partial charge in [0.25, 0.3) is 11.8 Å². The van der Waals surface area contributed by atoms with Crippen molar-refractivity contribution >= 4 is 11.8 Å². The highest BCUT2D eigenvalue weighted by Gasteiger charge is 2.11. The van der Waals surface area contributed by atoms with Gasteiger partial charge in [-0.2, -0.15) is 0 Å². The molecule has 0 atom stereocenters. The highest BCUT2D eigenvalue weighted by molar-refractivity contribution is 5.96. The summed E-state index contributed by atoms with van der Waals surface area (Å²) in [6.45, 7) is 5.83. The molecule has 0 saturated heterocycles. The first-order valence-electron chi connectivity index (χ1n) is 7.93. The number of aromatic nitrogens is 1. The topological polar surface area (TPSA) is 107 Å². The molecule has 2 amide bonds. The molecule has 0 aliphatic carbocycles. The largest absolute Gasteiger partial charge is 1.00 e. The average Bonchev–Trinajstić information content (AvgIpc) is 2.58. The Bertz CT molecular complexity index is 487. The summed E-state index contributed by atoms with van der Waals surface area (Å²) in [6, 6.07) is 4.87. The number of fused-ring (bicyclic) bond motifs is 2. The number of nitrogens with one attached hydrogen (secondary N) is 5. The summed E-state index contributed by atoms with van der Waals surface area (Å²) >= 11 is 0. The maximum atomic E-state index is 12.0. The number of rotatable bonds is 0. The van der Waals surface area contributed by atoms with E-state index < -0.39 is 0 Å². The van der Waals surface area contributed by atoms with E-state index in [1.54, 1.807) is 18.2 Å². The van der Waals surface area contributed by atoms with E-state index in [0.717, 1.165) is 26.2 Å². The third-order valence-electron chi connectivity index (χ3n) is 3.35. The third-order valence-corrected chi connectivity index (χ3v) is 3.35. The molecule has 5 N–H and O–H groups in total. The number of hydrogen-bond acceptors (Lipinski definition) is 6.